The number of aromatic hydroxyl groups is 1. The van der Waals surface area contributed by atoms with Crippen LogP contribution in [0.3, 0.4) is 0 Å². The first-order chi connectivity index (χ1) is 15.8. The maximum absolute atomic E-state index is 12.9. The van der Waals surface area contributed by atoms with E-state index in [-0.39, 0.29) is 28.3 Å². The summed E-state index contributed by atoms with van der Waals surface area (Å²) in [6.45, 7) is 2.75. The minimum atomic E-state index is -3.92. The van der Waals surface area contributed by atoms with Crippen LogP contribution in [-0.4, -0.2) is 32.6 Å². The number of hydrogen-bond acceptors (Lipinski definition) is 6. The van der Waals surface area contributed by atoms with Gasteiger partial charge in [0, 0.05) is 23.7 Å². The van der Waals surface area contributed by atoms with E-state index in [1.165, 1.54) is 18.2 Å². The molecule has 1 aliphatic rings. The number of phenols is 1. The molecule has 172 valence electrons. The van der Waals surface area contributed by atoms with Crippen molar-refractivity contribution in [3.63, 3.8) is 0 Å². The number of amides is 1. The van der Waals surface area contributed by atoms with Gasteiger partial charge in [-0.15, -0.1) is 0 Å². The minimum Gasteiger partial charge on any atom is -0.508 e. The first kappa shape index (κ1) is 22.5. The van der Waals surface area contributed by atoms with Crippen molar-refractivity contribution >= 4 is 21.6 Å². The average molecular weight is 469 g/mol. The van der Waals surface area contributed by atoms with E-state index in [9.17, 15) is 18.3 Å². The predicted molar refractivity (Wildman–Crippen MR) is 123 cm³/mol. The van der Waals surface area contributed by atoms with E-state index in [0.717, 1.165) is 5.56 Å². The van der Waals surface area contributed by atoms with E-state index in [1.54, 1.807) is 55.5 Å². The van der Waals surface area contributed by atoms with Gasteiger partial charge in [0.25, 0.3) is 15.9 Å². The quantitative estimate of drug-likeness (QED) is 0.506. The fraction of sp³-hybridized carbons (Fsp3) is 0.208. The molecule has 1 aliphatic heterocycles. The maximum atomic E-state index is 12.9. The zero-order chi connectivity index (χ0) is 23.4. The molecule has 3 aromatic carbocycles. The van der Waals surface area contributed by atoms with Crippen molar-refractivity contribution < 1.29 is 27.8 Å². The normalized spacial score (nSPS) is 14.1. The van der Waals surface area contributed by atoms with Gasteiger partial charge in [0.15, 0.2) is 11.5 Å². The van der Waals surface area contributed by atoms with Crippen LogP contribution in [0, 0.1) is 0 Å². The number of rotatable bonds is 6. The van der Waals surface area contributed by atoms with Crippen LogP contribution in [-0.2, 0) is 10.0 Å². The number of benzene rings is 3. The third kappa shape index (κ3) is 5.38. The van der Waals surface area contributed by atoms with Crippen LogP contribution in [0.4, 0.5) is 5.69 Å². The molecule has 0 radical (unpaired) electrons. The van der Waals surface area contributed by atoms with Gasteiger partial charge in [0.05, 0.1) is 24.2 Å². The van der Waals surface area contributed by atoms with Crippen molar-refractivity contribution in [1.82, 2.24) is 5.32 Å². The number of phenolic OH excluding ortho intramolecular Hbond substituents is 1. The van der Waals surface area contributed by atoms with Gasteiger partial charge in [0.1, 0.15) is 5.75 Å². The van der Waals surface area contributed by atoms with E-state index in [4.69, 9.17) is 9.47 Å². The van der Waals surface area contributed by atoms with Gasteiger partial charge in [-0.2, -0.15) is 0 Å². The lowest BCUT2D eigenvalue weighted by molar-refractivity contribution is 0.0940. The summed E-state index contributed by atoms with van der Waals surface area (Å²) in [7, 11) is -3.92. The summed E-state index contributed by atoms with van der Waals surface area (Å²) in [5.74, 6) is 0.623. The summed E-state index contributed by atoms with van der Waals surface area (Å²) in [5.41, 5.74) is 1.29. The molecule has 0 bridgehead atoms. The molecule has 3 aromatic rings. The number of fused-ring (bicyclic) bond motifs is 1. The number of anilines is 1. The molecule has 0 saturated heterocycles. The van der Waals surface area contributed by atoms with Crippen LogP contribution in [0.1, 0.15) is 35.3 Å². The highest BCUT2D eigenvalue weighted by Gasteiger charge is 2.20. The van der Waals surface area contributed by atoms with Gasteiger partial charge < -0.3 is 19.9 Å². The highest BCUT2D eigenvalue weighted by Crippen LogP contribution is 2.32. The van der Waals surface area contributed by atoms with Crippen molar-refractivity contribution in [2.45, 2.75) is 24.3 Å². The zero-order valence-electron chi connectivity index (χ0n) is 17.9. The lowest BCUT2D eigenvalue weighted by Gasteiger charge is -2.15. The summed E-state index contributed by atoms with van der Waals surface area (Å²) in [5, 5.41) is 12.5. The highest BCUT2D eigenvalue weighted by molar-refractivity contribution is 7.92. The van der Waals surface area contributed by atoms with Gasteiger partial charge in [-0.3, -0.25) is 9.52 Å². The molecular formula is C24H24N2O6S. The van der Waals surface area contributed by atoms with Crippen LogP contribution >= 0.6 is 0 Å². The zero-order valence-corrected chi connectivity index (χ0v) is 18.8. The fourth-order valence-electron chi connectivity index (χ4n) is 3.41. The number of nitrogens with one attached hydrogen (secondary N) is 2. The lowest BCUT2D eigenvalue weighted by Crippen LogP contribution is -2.26. The molecule has 8 nitrogen and oxygen atoms in total. The predicted octanol–water partition coefficient (Wildman–Crippen LogP) is 3.85. The Morgan fingerprint density at radius 1 is 0.970 bits per heavy atom. The standard InChI is InChI=1S/C24H24N2O6S/c1-16(17-5-3-8-20(27)14-17)25-24(28)18-6-2-7-19(13-18)26-33(29,30)21-9-10-22-23(15-21)32-12-4-11-31-22/h2-3,5-10,13-16,26-27H,4,11-12H2,1H3,(H,25,28). The largest absolute Gasteiger partial charge is 0.508 e. The molecule has 1 unspecified atom stereocenters. The Kier molecular flexibility index (Phi) is 6.41. The number of sulfonamides is 1. The molecule has 0 saturated carbocycles. The van der Waals surface area contributed by atoms with Crippen LogP contribution < -0.4 is 19.5 Å². The molecule has 4 rings (SSSR count). The molecule has 1 amide bonds. The van der Waals surface area contributed by atoms with E-state index in [1.807, 2.05) is 0 Å². The fourth-order valence-corrected chi connectivity index (χ4v) is 4.47. The Bertz CT molecular complexity index is 1280. The summed E-state index contributed by atoms with van der Waals surface area (Å²) < 4.78 is 39.5. The summed E-state index contributed by atoms with van der Waals surface area (Å²) in [6.07, 6.45) is 0.716. The van der Waals surface area contributed by atoms with Crippen molar-refractivity contribution in [3.05, 3.63) is 77.9 Å². The third-order valence-electron chi connectivity index (χ3n) is 5.12. The number of hydrogen-bond donors (Lipinski definition) is 3. The van der Waals surface area contributed by atoms with Crippen LogP contribution in [0.2, 0.25) is 0 Å². The van der Waals surface area contributed by atoms with Gasteiger partial charge >= 0.3 is 0 Å². The number of carbonyl (C=O) groups is 1. The van der Waals surface area contributed by atoms with E-state index >= 15 is 0 Å². The Morgan fingerprint density at radius 2 is 1.73 bits per heavy atom. The van der Waals surface area contributed by atoms with Gasteiger partial charge in [0.2, 0.25) is 0 Å². The second-order valence-corrected chi connectivity index (χ2v) is 9.32. The van der Waals surface area contributed by atoms with Gasteiger partial charge in [-0.05, 0) is 55.0 Å². The summed E-state index contributed by atoms with van der Waals surface area (Å²) in [6, 6.07) is 16.9. The number of carbonyl (C=O) groups excluding carboxylic acids is 1. The Hall–Kier alpha value is -3.72. The smallest absolute Gasteiger partial charge is 0.262 e. The van der Waals surface area contributed by atoms with Crippen LogP contribution in [0.5, 0.6) is 17.2 Å². The van der Waals surface area contributed by atoms with Gasteiger partial charge in [-0.25, -0.2) is 8.42 Å². The number of ether oxygens (including phenoxy) is 2. The molecule has 1 heterocycles. The van der Waals surface area contributed by atoms with Crippen molar-refractivity contribution in [2.24, 2.45) is 0 Å². The van der Waals surface area contributed by atoms with E-state index in [0.29, 0.717) is 36.7 Å². The van der Waals surface area contributed by atoms with Gasteiger partial charge in [-0.1, -0.05) is 18.2 Å². The first-order valence-electron chi connectivity index (χ1n) is 10.4. The molecule has 0 aromatic heterocycles. The SMILES string of the molecule is CC(NC(=O)c1cccc(NS(=O)(=O)c2ccc3c(c2)OCCCO3)c1)c1cccc(O)c1. The molecule has 3 N–H and O–H groups in total. The topological polar surface area (TPSA) is 114 Å². The molecule has 9 heteroatoms. The van der Waals surface area contributed by atoms with Crippen LogP contribution in [0.15, 0.2) is 71.6 Å². The van der Waals surface area contributed by atoms with Crippen molar-refractivity contribution in [3.8, 4) is 17.2 Å². The van der Waals surface area contributed by atoms with E-state index < -0.39 is 10.0 Å². The lowest BCUT2D eigenvalue weighted by atomic mass is 10.1. The molecule has 33 heavy (non-hydrogen) atoms. The summed E-state index contributed by atoms with van der Waals surface area (Å²) in [4.78, 5) is 12.7. The van der Waals surface area contributed by atoms with Crippen molar-refractivity contribution in [1.29, 1.82) is 0 Å². The minimum absolute atomic E-state index is 0.0270. The summed E-state index contributed by atoms with van der Waals surface area (Å²) >= 11 is 0. The van der Waals surface area contributed by atoms with Crippen LogP contribution in [0.25, 0.3) is 0 Å². The second-order valence-electron chi connectivity index (χ2n) is 7.64. The third-order valence-corrected chi connectivity index (χ3v) is 6.50. The molecular weight excluding hydrogens is 444 g/mol. The molecule has 1 atom stereocenters. The average Bonchev–Trinajstić information content (AvgIpc) is 3.04. The van der Waals surface area contributed by atoms with Crippen molar-refractivity contribution in [2.75, 3.05) is 17.9 Å². The Morgan fingerprint density at radius 3 is 2.52 bits per heavy atom. The molecule has 0 aliphatic carbocycles. The molecule has 0 fully saturated rings. The Labute approximate surface area is 192 Å². The molecule has 0 spiro atoms. The Balaban J connectivity index is 1.49. The van der Waals surface area contributed by atoms with E-state index in [2.05, 4.69) is 10.0 Å². The second kappa shape index (κ2) is 9.41. The highest BCUT2D eigenvalue weighted by atomic mass is 32.2. The monoisotopic (exact) mass is 468 g/mol. The first-order valence-corrected chi connectivity index (χ1v) is 11.9. The maximum Gasteiger partial charge on any atom is 0.262 e.